The molecule has 0 aromatic heterocycles. The summed E-state index contributed by atoms with van der Waals surface area (Å²) in [7, 11) is 0. The van der Waals surface area contributed by atoms with Crippen molar-refractivity contribution in [1.82, 2.24) is 0 Å². The monoisotopic (exact) mass is 411 g/mol. The first-order chi connectivity index (χ1) is 13.5. The van der Waals surface area contributed by atoms with E-state index in [2.05, 4.69) is 0 Å². The average Bonchev–Trinajstić information content (AvgIpc) is 2.64. The van der Waals surface area contributed by atoms with Gasteiger partial charge in [-0.05, 0) is 48.5 Å². The fraction of sp³-hybridized carbons (Fsp3) is 0.100. The molecule has 3 aromatic rings. The molecule has 0 amide bonds. The summed E-state index contributed by atoms with van der Waals surface area (Å²) < 4.78 is 79.4. The number of halogens is 6. The molecule has 152 valence electrons. The number of nitrogens with zero attached hydrogens (tertiary/aromatic N) is 1. The van der Waals surface area contributed by atoms with Gasteiger partial charge in [0.25, 0.3) is 0 Å². The number of alkyl halides is 6. The third-order valence-electron chi connectivity index (χ3n) is 4.21. The summed E-state index contributed by atoms with van der Waals surface area (Å²) in [4.78, 5) is 1.18. The Morgan fingerprint density at radius 1 is 0.586 bits per heavy atom. The summed E-state index contributed by atoms with van der Waals surface area (Å²) in [6.07, 6.45) is -9.33. The number of nitrogen functional groups attached to an aromatic ring is 2. The summed E-state index contributed by atoms with van der Waals surface area (Å²) in [5, 5.41) is 0. The lowest BCUT2D eigenvalue weighted by molar-refractivity contribution is -0.138. The molecule has 0 saturated carbocycles. The second-order valence-corrected chi connectivity index (χ2v) is 6.21. The number of anilines is 5. The fourth-order valence-corrected chi connectivity index (χ4v) is 2.81. The number of nitrogens with two attached hydrogens (primary N) is 2. The first-order valence-electron chi connectivity index (χ1n) is 8.27. The number of rotatable bonds is 3. The summed E-state index contributed by atoms with van der Waals surface area (Å²) >= 11 is 0. The minimum absolute atomic E-state index is 0.0568. The standard InChI is InChI=1S/C20H15F6N3/c21-19(22,23)12-6-8-15(27)17(10-12)29(14-4-2-1-3-5-14)18-11-13(20(24,25)26)7-9-16(18)28/h1-11H,27-28H2. The van der Waals surface area contributed by atoms with Crippen molar-refractivity contribution in [3.63, 3.8) is 0 Å². The van der Waals surface area contributed by atoms with Crippen molar-refractivity contribution >= 4 is 28.4 Å². The quantitative estimate of drug-likeness (QED) is 0.390. The molecule has 9 heteroatoms. The van der Waals surface area contributed by atoms with Gasteiger partial charge in [-0.15, -0.1) is 0 Å². The van der Waals surface area contributed by atoms with E-state index < -0.39 is 23.5 Å². The van der Waals surface area contributed by atoms with E-state index in [9.17, 15) is 26.3 Å². The molecule has 0 atom stereocenters. The molecule has 3 rings (SSSR count). The van der Waals surface area contributed by atoms with Crippen LogP contribution in [0.15, 0.2) is 66.7 Å². The van der Waals surface area contributed by atoms with E-state index in [4.69, 9.17) is 11.5 Å². The molecule has 0 aliphatic carbocycles. The van der Waals surface area contributed by atoms with Crippen molar-refractivity contribution in [1.29, 1.82) is 0 Å². The van der Waals surface area contributed by atoms with Gasteiger partial charge in [0.05, 0.1) is 33.9 Å². The first-order valence-corrected chi connectivity index (χ1v) is 8.27. The molecule has 0 aliphatic heterocycles. The van der Waals surface area contributed by atoms with Crippen LogP contribution < -0.4 is 16.4 Å². The van der Waals surface area contributed by atoms with Crippen LogP contribution in [0.5, 0.6) is 0 Å². The molecule has 0 heterocycles. The van der Waals surface area contributed by atoms with Gasteiger partial charge in [0.15, 0.2) is 0 Å². The Morgan fingerprint density at radius 2 is 1.00 bits per heavy atom. The van der Waals surface area contributed by atoms with Gasteiger partial charge in [-0.3, -0.25) is 0 Å². The maximum Gasteiger partial charge on any atom is 0.416 e. The smallest absolute Gasteiger partial charge is 0.397 e. The van der Waals surface area contributed by atoms with Crippen molar-refractivity contribution in [2.45, 2.75) is 12.4 Å². The number of para-hydroxylation sites is 1. The van der Waals surface area contributed by atoms with Crippen LogP contribution in [0.2, 0.25) is 0 Å². The van der Waals surface area contributed by atoms with Crippen LogP contribution in [0, 0.1) is 0 Å². The van der Waals surface area contributed by atoms with Gasteiger partial charge in [-0.25, -0.2) is 0 Å². The van der Waals surface area contributed by atoms with E-state index in [0.29, 0.717) is 5.69 Å². The molecule has 0 radical (unpaired) electrons. The Kier molecular flexibility index (Phi) is 5.08. The highest BCUT2D eigenvalue weighted by atomic mass is 19.4. The minimum Gasteiger partial charge on any atom is -0.397 e. The number of hydrogen-bond donors (Lipinski definition) is 2. The highest BCUT2D eigenvalue weighted by molar-refractivity contribution is 5.88. The first kappa shape index (κ1) is 20.4. The second kappa shape index (κ2) is 7.23. The van der Waals surface area contributed by atoms with E-state index in [0.717, 1.165) is 36.4 Å². The van der Waals surface area contributed by atoms with E-state index in [-0.39, 0.29) is 22.7 Å². The zero-order valence-electron chi connectivity index (χ0n) is 14.7. The SMILES string of the molecule is Nc1ccc(C(F)(F)F)cc1N(c1ccccc1)c1cc(C(F)(F)F)ccc1N. The van der Waals surface area contributed by atoms with Crippen LogP contribution in [-0.2, 0) is 12.4 Å². The topological polar surface area (TPSA) is 55.3 Å². The van der Waals surface area contributed by atoms with Crippen molar-refractivity contribution in [2.75, 3.05) is 16.4 Å². The van der Waals surface area contributed by atoms with E-state index in [1.165, 1.54) is 17.0 Å². The number of hydrogen-bond acceptors (Lipinski definition) is 3. The second-order valence-electron chi connectivity index (χ2n) is 6.21. The molecule has 0 saturated heterocycles. The molecule has 3 aromatic carbocycles. The lowest BCUT2D eigenvalue weighted by atomic mass is 10.1. The molecule has 4 N–H and O–H groups in total. The molecule has 29 heavy (non-hydrogen) atoms. The molecule has 0 aliphatic rings. The highest BCUT2D eigenvalue weighted by Gasteiger charge is 2.34. The Hall–Kier alpha value is -3.36. The summed E-state index contributed by atoms with van der Waals surface area (Å²) in [6.45, 7) is 0. The molecule has 3 nitrogen and oxygen atoms in total. The van der Waals surface area contributed by atoms with Crippen LogP contribution in [0.1, 0.15) is 11.1 Å². The Bertz CT molecular complexity index is 949. The lowest BCUT2D eigenvalue weighted by Gasteiger charge is -2.29. The summed E-state index contributed by atoms with van der Waals surface area (Å²) in [5.41, 5.74) is 9.73. The van der Waals surface area contributed by atoms with Gasteiger partial charge in [0.2, 0.25) is 0 Å². The van der Waals surface area contributed by atoms with Gasteiger partial charge in [0, 0.05) is 5.69 Å². The molecular formula is C20H15F6N3. The van der Waals surface area contributed by atoms with Gasteiger partial charge in [-0.2, -0.15) is 26.3 Å². The van der Waals surface area contributed by atoms with Gasteiger partial charge < -0.3 is 16.4 Å². The third kappa shape index (κ3) is 4.23. The maximum absolute atomic E-state index is 13.2. The van der Waals surface area contributed by atoms with Crippen LogP contribution >= 0.6 is 0 Å². The summed E-state index contributed by atoms with van der Waals surface area (Å²) in [6, 6.07) is 13.2. The van der Waals surface area contributed by atoms with Gasteiger partial charge in [-0.1, -0.05) is 18.2 Å². The van der Waals surface area contributed by atoms with Crippen LogP contribution in [0.3, 0.4) is 0 Å². The molecule has 0 bridgehead atoms. The van der Waals surface area contributed by atoms with Crippen LogP contribution in [0.25, 0.3) is 0 Å². The molecular weight excluding hydrogens is 396 g/mol. The van der Waals surface area contributed by atoms with Crippen molar-refractivity contribution in [3.05, 3.63) is 77.9 Å². The van der Waals surface area contributed by atoms with E-state index >= 15 is 0 Å². The predicted octanol–water partition coefficient (Wildman–Crippen LogP) is 6.36. The molecule has 0 spiro atoms. The van der Waals surface area contributed by atoms with Gasteiger partial charge >= 0.3 is 12.4 Å². The Balaban J connectivity index is 2.30. The van der Waals surface area contributed by atoms with E-state index in [1.54, 1.807) is 18.2 Å². The fourth-order valence-electron chi connectivity index (χ4n) is 2.81. The highest BCUT2D eigenvalue weighted by Crippen LogP contribution is 2.44. The largest absolute Gasteiger partial charge is 0.416 e. The zero-order valence-corrected chi connectivity index (χ0v) is 14.7. The van der Waals surface area contributed by atoms with Gasteiger partial charge in [0.1, 0.15) is 0 Å². The normalized spacial score (nSPS) is 12.1. The minimum atomic E-state index is -4.66. The Labute approximate surface area is 162 Å². The Morgan fingerprint density at radius 3 is 1.38 bits per heavy atom. The summed E-state index contributed by atoms with van der Waals surface area (Å²) in [5.74, 6) is 0. The van der Waals surface area contributed by atoms with Crippen LogP contribution in [0.4, 0.5) is 54.8 Å². The van der Waals surface area contributed by atoms with Crippen molar-refractivity contribution in [3.8, 4) is 0 Å². The molecule has 0 fully saturated rings. The zero-order chi connectivity index (χ0) is 21.4. The van der Waals surface area contributed by atoms with Crippen LogP contribution in [-0.4, -0.2) is 0 Å². The van der Waals surface area contributed by atoms with Crippen molar-refractivity contribution in [2.24, 2.45) is 0 Å². The third-order valence-corrected chi connectivity index (χ3v) is 4.21. The van der Waals surface area contributed by atoms with Crippen molar-refractivity contribution < 1.29 is 26.3 Å². The average molecular weight is 411 g/mol. The lowest BCUT2D eigenvalue weighted by Crippen LogP contribution is -2.16. The van der Waals surface area contributed by atoms with E-state index in [1.807, 2.05) is 0 Å². The predicted molar refractivity (Wildman–Crippen MR) is 100.0 cm³/mol. The number of benzene rings is 3. The maximum atomic E-state index is 13.2. The molecule has 0 unspecified atom stereocenters.